The minimum Gasteiger partial charge on any atom is -0.482 e. The zero-order valence-electron chi connectivity index (χ0n) is 11.4. The summed E-state index contributed by atoms with van der Waals surface area (Å²) < 4.78 is 43.6. The van der Waals surface area contributed by atoms with Crippen molar-refractivity contribution in [3.63, 3.8) is 0 Å². The molecule has 2 nitrogen and oxygen atoms in total. The number of aryl methyl sites for hydroxylation is 1. The highest BCUT2D eigenvalue weighted by molar-refractivity contribution is 5.59. The van der Waals surface area contributed by atoms with Gasteiger partial charge in [0.25, 0.3) is 0 Å². The van der Waals surface area contributed by atoms with Crippen molar-refractivity contribution in [1.29, 1.82) is 0 Å². The second-order valence-corrected chi connectivity index (χ2v) is 5.11. The molecular formula is C16H14F3NO. The molecule has 0 amide bonds. The summed E-state index contributed by atoms with van der Waals surface area (Å²) in [7, 11) is 0. The highest BCUT2D eigenvalue weighted by Crippen LogP contribution is 2.36. The molecule has 1 atom stereocenters. The van der Waals surface area contributed by atoms with E-state index in [1.807, 2.05) is 25.1 Å². The summed E-state index contributed by atoms with van der Waals surface area (Å²) in [6.45, 7) is 2.49. The van der Waals surface area contributed by atoms with Crippen molar-refractivity contribution < 1.29 is 17.9 Å². The predicted octanol–water partition coefficient (Wildman–Crippen LogP) is 4.56. The lowest BCUT2D eigenvalue weighted by atomic mass is 10.0. The summed E-state index contributed by atoms with van der Waals surface area (Å²) >= 11 is 0. The van der Waals surface area contributed by atoms with Gasteiger partial charge >= 0.3 is 6.18 Å². The van der Waals surface area contributed by atoms with Gasteiger partial charge in [0.15, 0.2) is 0 Å². The lowest BCUT2D eigenvalue weighted by Gasteiger charge is -2.28. The molecule has 1 unspecified atom stereocenters. The number of rotatable bonds is 1. The third kappa shape index (κ3) is 2.82. The Bertz CT molecular complexity index is 650. The summed E-state index contributed by atoms with van der Waals surface area (Å²) in [5, 5.41) is 3.24. The maximum atomic E-state index is 12.6. The molecule has 1 aliphatic rings. The van der Waals surface area contributed by atoms with Gasteiger partial charge in [-0.25, -0.2) is 0 Å². The molecule has 0 spiro atoms. The van der Waals surface area contributed by atoms with Crippen LogP contribution in [0, 0.1) is 6.92 Å². The Morgan fingerprint density at radius 3 is 2.48 bits per heavy atom. The second kappa shape index (κ2) is 4.98. The van der Waals surface area contributed by atoms with Crippen molar-refractivity contribution >= 4 is 5.69 Å². The third-order valence-electron chi connectivity index (χ3n) is 3.49. The highest BCUT2D eigenvalue weighted by Gasteiger charge is 2.30. The largest absolute Gasteiger partial charge is 0.482 e. The van der Waals surface area contributed by atoms with Gasteiger partial charge in [0.05, 0.1) is 17.8 Å². The number of anilines is 1. The Balaban J connectivity index is 1.83. The molecule has 0 radical (unpaired) electrons. The van der Waals surface area contributed by atoms with Crippen molar-refractivity contribution in [2.75, 3.05) is 11.9 Å². The molecule has 21 heavy (non-hydrogen) atoms. The molecule has 0 aliphatic carbocycles. The number of benzene rings is 2. The summed E-state index contributed by atoms with van der Waals surface area (Å²) in [5.41, 5.74) is 2.06. The van der Waals surface area contributed by atoms with Crippen molar-refractivity contribution in [2.45, 2.75) is 19.2 Å². The van der Waals surface area contributed by atoms with Crippen LogP contribution in [0.4, 0.5) is 18.9 Å². The van der Waals surface area contributed by atoms with Crippen molar-refractivity contribution in [3.05, 3.63) is 59.2 Å². The fourth-order valence-electron chi connectivity index (χ4n) is 2.34. The number of alkyl halides is 3. The first-order chi connectivity index (χ1) is 9.93. The molecule has 2 aromatic rings. The first-order valence-corrected chi connectivity index (χ1v) is 6.62. The molecule has 0 saturated carbocycles. The SMILES string of the molecule is Cc1ccc2c(c1)OC(c1ccc(C(F)(F)F)cc1)CN2. The van der Waals surface area contributed by atoms with Gasteiger partial charge in [-0.2, -0.15) is 13.2 Å². The van der Waals surface area contributed by atoms with Crippen LogP contribution in [0.15, 0.2) is 42.5 Å². The van der Waals surface area contributed by atoms with E-state index in [0.717, 1.165) is 34.7 Å². The number of nitrogens with one attached hydrogen (secondary N) is 1. The molecule has 1 N–H and O–H groups in total. The van der Waals surface area contributed by atoms with Crippen LogP contribution < -0.4 is 10.1 Å². The maximum Gasteiger partial charge on any atom is 0.416 e. The van der Waals surface area contributed by atoms with E-state index in [0.29, 0.717) is 6.54 Å². The molecule has 110 valence electrons. The van der Waals surface area contributed by atoms with E-state index in [1.54, 1.807) is 0 Å². The third-order valence-corrected chi connectivity index (χ3v) is 3.49. The van der Waals surface area contributed by atoms with Crippen molar-refractivity contribution in [3.8, 4) is 5.75 Å². The molecule has 0 aromatic heterocycles. The molecule has 0 bridgehead atoms. The molecule has 5 heteroatoms. The Hall–Kier alpha value is -2.17. The van der Waals surface area contributed by atoms with Gasteiger partial charge in [-0.15, -0.1) is 0 Å². The fraction of sp³-hybridized carbons (Fsp3) is 0.250. The second-order valence-electron chi connectivity index (χ2n) is 5.11. The lowest BCUT2D eigenvalue weighted by Crippen LogP contribution is -2.23. The Kier molecular flexibility index (Phi) is 3.27. The average Bonchev–Trinajstić information content (AvgIpc) is 2.45. The number of hydrogen-bond acceptors (Lipinski definition) is 2. The molecule has 1 aliphatic heterocycles. The van der Waals surface area contributed by atoms with Crippen LogP contribution in [0.2, 0.25) is 0 Å². The van der Waals surface area contributed by atoms with E-state index < -0.39 is 11.7 Å². The van der Waals surface area contributed by atoms with Crippen LogP contribution in [0.5, 0.6) is 5.75 Å². The monoisotopic (exact) mass is 293 g/mol. The van der Waals surface area contributed by atoms with Crippen LogP contribution in [0.3, 0.4) is 0 Å². The lowest BCUT2D eigenvalue weighted by molar-refractivity contribution is -0.137. The van der Waals surface area contributed by atoms with Gasteiger partial charge in [-0.05, 0) is 42.3 Å². The van der Waals surface area contributed by atoms with Gasteiger partial charge < -0.3 is 10.1 Å². The highest BCUT2D eigenvalue weighted by atomic mass is 19.4. The standard InChI is InChI=1S/C16H14F3NO/c1-10-2-7-13-14(8-10)21-15(9-20-13)11-3-5-12(6-4-11)16(17,18)19/h2-8,15,20H,9H2,1H3. The van der Waals surface area contributed by atoms with Gasteiger partial charge in [0.2, 0.25) is 0 Å². The first kappa shape index (κ1) is 13.8. The van der Waals surface area contributed by atoms with Crippen LogP contribution >= 0.6 is 0 Å². The molecule has 2 aromatic carbocycles. The molecule has 3 rings (SSSR count). The smallest absolute Gasteiger partial charge is 0.416 e. The van der Waals surface area contributed by atoms with Crippen molar-refractivity contribution in [2.24, 2.45) is 0 Å². The van der Waals surface area contributed by atoms with Gasteiger partial charge in [0, 0.05) is 0 Å². The van der Waals surface area contributed by atoms with E-state index in [2.05, 4.69) is 5.32 Å². The van der Waals surface area contributed by atoms with Crippen LogP contribution in [0.1, 0.15) is 22.8 Å². The average molecular weight is 293 g/mol. The fourth-order valence-corrected chi connectivity index (χ4v) is 2.34. The predicted molar refractivity (Wildman–Crippen MR) is 74.5 cm³/mol. The van der Waals surface area contributed by atoms with Gasteiger partial charge in [-0.3, -0.25) is 0 Å². The first-order valence-electron chi connectivity index (χ1n) is 6.62. The summed E-state index contributed by atoms with van der Waals surface area (Å²) in [5.74, 6) is 0.728. The number of halogens is 3. The van der Waals surface area contributed by atoms with E-state index >= 15 is 0 Å². The zero-order valence-corrected chi connectivity index (χ0v) is 11.4. The van der Waals surface area contributed by atoms with E-state index in [-0.39, 0.29) is 6.10 Å². The Morgan fingerprint density at radius 2 is 1.81 bits per heavy atom. The van der Waals surface area contributed by atoms with Crippen molar-refractivity contribution in [1.82, 2.24) is 0 Å². The maximum absolute atomic E-state index is 12.6. The van der Waals surface area contributed by atoms with Gasteiger partial charge in [0.1, 0.15) is 11.9 Å². The normalized spacial score (nSPS) is 17.6. The zero-order chi connectivity index (χ0) is 15.0. The minimum atomic E-state index is -4.31. The molecular weight excluding hydrogens is 279 g/mol. The van der Waals surface area contributed by atoms with Crippen LogP contribution in [0.25, 0.3) is 0 Å². The summed E-state index contributed by atoms with van der Waals surface area (Å²) in [6, 6.07) is 10.9. The van der Waals surface area contributed by atoms with Gasteiger partial charge in [-0.1, -0.05) is 18.2 Å². The Labute approximate surface area is 120 Å². The molecule has 0 fully saturated rings. The quantitative estimate of drug-likeness (QED) is 0.832. The molecule has 0 saturated heterocycles. The molecule has 1 heterocycles. The Morgan fingerprint density at radius 1 is 1.10 bits per heavy atom. The minimum absolute atomic E-state index is 0.290. The number of hydrogen-bond donors (Lipinski definition) is 1. The number of ether oxygens (including phenoxy) is 1. The summed E-state index contributed by atoms with van der Waals surface area (Å²) in [6.07, 6.45) is -4.60. The van der Waals surface area contributed by atoms with Crippen LogP contribution in [-0.2, 0) is 6.18 Å². The van der Waals surface area contributed by atoms with Crippen LogP contribution in [-0.4, -0.2) is 6.54 Å². The topological polar surface area (TPSA) is 21.3 Å². The van der Waals surface area contributed by atoms with E-state index in [1.165, 1.54) is 12.1 Å². The van der Waals surface area contributed by atoms with E-state index in [9.17, 15) is 13.2 Å². The van der Waals surface area contributed by atoms with E-state index in [4.69, 9.17) is 4.74 Å². The summed E-state index contributed by atoms with van der Waals surface area (Å²) in [4.78, 5) is 0. The number of fused-ring (bicyclic) bond motifs is 1.